The molecule has 0 N–H and O–H groups in total. The van der Waals surface area contributed by atoms with Crippen molar-refractivity contribution in [3.05, 3.63) is 35.6 Å². The molecule has 0 saturated heterocycles. The van der Waals surface area contributed by atoms with Crippen molar-refractivity contribution in [2.24, 2.45) is 5.41 Å². The maximum Gasteiger partial charge on any atom is 0.323 e. The van der Waals surface area contributed by atoms with Crippen molar-refractivity contribution in [2.45, 2.75) is 27.2 Å². The number of rotatable bonds is 6. The highest BCUT2D eigenvalue weighted by Crippen LogP contribution is 2.27. The van der Waals surface area contributed by atoms with Crippen molar-refractivity contribution >= 4 is 11.9 Å². The summed E-state index contributed by atoms with van der Waals surface area (Å²) >= 11 is 0. The molecule has 4 nitrogen and oxygen atoms in total. The highest BCUT2D eigenvalue weighted by Gasteiger charge is 2.44. The van der Waals surface area contributed by atoms with E-state index in [-0.39, 0.29) is 19.6 Å². The van der Waals surface area contributed by atoms with Crippen LogP contribution in [0.15, 0.2) is 24.3 Å². The summed E-state index contributed by atoms with van der Waals surface area (Å²) in [5, 5.41) is 0. The van der Waals surface area contributed by atoms with Crippen molar-refractivity contribution < 1.29 is 23.5 Å². The van der Waals surface area contributed by atoms with Crippen LogP contribution in [0.5, 0.6) is 0 Å². The summed E-state index contributed by atoms with van der Waals surface area (Å²) in [7, 11) is 0. The molecule has 0 aliphatic rings. The molecule has 0 fully saturated rings. The van der Waals surface area contributed by atoms with E-state index in [0.717, 1.165) is 0 Å². The van der Waals surface area contributed by atoms with Crippen LogP contribution in [0.2, 0.25) is 0 Å². The van der Waals surface area contributed by atoms with Crippen LogP contribution in [-0.2, 0) is 25.5 Å². The Morgan fingerprint density at radius 1 is 1.15 bits per heavy atom. The van der Waals surface area contributed by atoms with Gasteiger partial charge in [-0.25, -0.2) is 4.39 Å². The molecule has 1 aromatic carbocycles. The van der Waals surface area contributed by atoms with Crippen LogP contribution in [0.4, 0.5) is 4.39 Å². The highest BCUT2D eigenvalue weighted by atomic mass is 19.1. The van der Waals surface area contributed by atoms with Gasteiger partial charge >= 0.3 is 11.9 Å². The molecule has 5 heteroatoms. The second-order valence-electron chi connectivity index (χ2n) is 4.58. The number of carbonyl (C=O) groups excluding carboxylic acids is 2. The Hall–Kier alpha value is -1.91. The lowest BCUT2D eigenvalue weighted by atomic mass is 9.83. The zero-order chi connectivity index (χ0) is 15.2. The maximum atomic E-state index is 13.2. The summed E-state index contributed by atoms with van der Waals surface area (Å²) in [5.41, 5.74) is -0.937. The Labute approximate surface area is 117 Å². The van der Waals surface area contributed by atoms with Gasteiger partial charge in [0.25, 0.3) is 0 Å². The summed E-state index contributed by atoms with van der Waals surface area (Å²) in [6.07, 6.45) is 0.0302. The van der Waals surface area contributed by atoms with E-state index in [2.05, 4.69) is 0 Å². The first-order valence-electron chi connectivity index (χ1n) is 6.53. The summed E-state index contributed by atoms with van der Waals surface area (Å²) in [6.45, 7) is 5.10. The van der Waals surface area contributed by atoms with Gasteiger partial charge in [-0.2, -0.15) is 0 Å². The number of hydrogen-bond donors (Lipinski definition) is 0. The predicted octanol–water partition coefficient (Wildman–Crippen LogP) is 2.50. The van der Waals surface area contributed by atoms with E-state index in [4.69, 9.17) is 9.47 Å². The lowest BCUT2D eigenvalue weighted by molar-refractivity contribution is -0.170. The Balaban J connectivity index is 3.04. The van der Waals surface area contributed by atoms with E-state index >= 15 is 0 Å². The van der Waals surface area contributed by atoms with E-state index < -0.39 is 23.2 Å². The van der Waals surface area contributed by atoms with Crippen molar-refractivity contribution in [2.75, 3.05) is 13.2 Å². The highest BCUT2D eigenvalue weighted by molar-refractivity contribution is 5.99. The first-order valence-corrected chi connectivity index (χ1v) is 6.53. The summed E-state index contributed by atoms with van der Waals surface area (Å²) < 4.78 is 23.1. The monoisotopic (exact) mass is 282 g/mol. The predicted molar refractivity (Wildman–Crippen MR) is 71.5 cm³/mol. The van der Waals surface area contributed by atoms with Crippen LogP contribution in [-0.4, -0.2) is 25.2 Å². The van der Waals surface area contributed by atoms with Crippen molar-refractivity contribution in [1.82, 2.24) is 0 Å². The van der Waals surface area contributed by atoms with Gasteiger partial charge in [0.1, 0.15) is 5.82 Å². The maximum absolute atomic E-state index is 13.2. The standard InChI is InChI=1S/C15H19FO4/c1-4-19-13(17)15(3,14(18)20-5-2)10-11-7-6-8-12(16)9-11/h6-9H,4-5,10H2,1-3H3. The molecule has 0 spiro atoms. The molecule has 0 bridgehead atoms. The van der Waals surface area contributed by atoms with Gasteiger partial charge in [-0.05, 0) is 44.9 Å². The molecule has 1 rings (SSSR count). The number of ether oxygens (including phenoxy) is 2. The van der Waals surface area contributed by atoms with E-state index in [1.807, 2.05) is 0 Å². The quantitative estimate of drug-likeness (QED) is 0.594. The number of hydrogen-bond acceptors (Lipinski definition) is 4. The molecule has 0 amide bonds. The lowest BCUT2D eigenvalue weighted by Gasteiger charge is -2.25. The topological polar surface area (TPSA) is 52.6 Å². The number of carbonyl (C=O) groups is 2. The molecule has 1 aromatic rings. The number of halogens is 1. The molecule has 0 unspecified atom stereocenters. The zero-order valence-corrected chi connectivity index (χ0v) is 11.9. The Bertz CT molecular complexity index is 467. The molecule has 0 heterocycles. The normalized spacial score (nSPS) is 11.0. The number of benzene rings is 1. The van der Waals surface area contributed by atoms with E-state index in [1.165, 1.54) is 25.1 Å². The van der Waals surface area contributed by atoms with Crippen LogP contribution in [0.25, 0.3) is 0 Å². The second-order valence-corrected chi connectivity index (χ2v) is 4.58. The molecule has 0 aliphatic carbocycles. The Morgan fingerprint density at radius 3 is 2.15 bits per heavy atom. The minimum absolute atomic E-state index is 0.0302. The second kappa shape index (κ2) is 7.03. The van der Waals surface area contributed by atoms with Crippen LogP contribution >= 0.6 is 0 Å². The third kappa shape index (κ3) is 3.79. The van der Waals surface area contributed by atoms with E-state index in [1.54, 1.807) is 19.9 Å². The fourth-order valence-corrected chi connectivity index (χ4v) is 1.86. The van der Waals surface area contributed by atoms with Crippen molar-refractivity contribution in [3.8, 4) is 0 Å². The summed E-state index contributed by atoms with van der Waals surface area (Å²) in [6, 6.07) is 5.77. The molecule has 0 saturated carbocycles. The SMILES string of the molecule is CCOC(=O)C(C)(Cc1cccc(F)c1)C(=O)OCC. The first-order chi connectivity index (χ1) is 9.43. The molecule has 20 heavy (non-hydrogen) atoms. The smallest absolute Gasteiger partial charge is 0.323 e. The zero-order valence-electron chi connectivity index (χ0n) is 11.9. The minimum Gasteiger partial charge on any atom is -0.465 e. The number of esters is 2. The van der Waals surface area contributed by atoms with Gasteiger partial charge in [-0.1, -0.05) is 12.1 Å². The third-order valence-electron chi connectivity index (χ3n) is 2.90. The van der Waals surface area contributed by atoms with Gasteiger partial charge in [0.2, 0.25) is 0 Å². The lowest BCUT2D eigenvalue weighted by Crippen LogP contribution is -2.41. The first kappa shape index (κ1) is 16.1. The van der Waals surface area contributed by atoms with Gasteiger partial charge < -0.3 is 9.47 Å². The van der Waals surface area contributed by atoms with Crippen LogP contribution < -0.4 is 0 Å². The summed E-state index contributed by atoms with van der Waals surface area (Å²) in [5.74, 6) is -1.75. The van der Waals surface area contributed by atoms with E-state index in [0.29, 0.717) is 5.56 Å². The van der Waals surface area contributed by atoms with Crippen molar-refractivity contribution in [3.63, 3.8) is 0 Å². The average molecular weight is 282 g/mol. The molecular formula is C15H19FO4. The van der Waals surface area contributed by atoms with Crippen LogP contribution in [0, 0.1) is 11.2 Å². The van der Waals surface area contributed by atoms with Crippen molar-refractivity contribution in [1.29, 1.82) is 0 Å². The Morgan fingerprint density at radius 2 is 1.70 bits per heavy atom. The van der Waals surface area contributed by atoms with Gasteiger partial charge in [-0.3, -0.25) is 9.59 Å². The molecule has 110 valence electrons. The molecule has 0 aromatic heterocycles. The van der Waals surface area contributed by atoms with Gasteiger partial charge in [-0.15, -0.1) is 0 Å². The van der Waals surface area contributed by atoms with Crippen LogP contribution in [0.3, 0.4) is 0 Å². The van der Waals surface area contributed by atoms with Gasteiger partial charge in [0, 0.05) is 0 Å². The molecular weight excluding hydrogens is 263 g/mol. The van der Waals surface area contributed by atoms with E-state index in [9.17, 15) is 14.0 Å². The third-order valence-corrected chi connectivity index (χ3v) is 2.90. The fraction of sp³-hybridized carbons (Fsp3) is 0.467. The van der Waals surface area contributed by atoms with Crippen LogP contribution in [0.1, 0.15) is 26.3 Å². The molecule has 0 atom stereocenters. The van der Waals surface area contributed by atoms with Gasteiger partial charge in [0.05, 0.1) is 13.2 Å². The Kier molecular flexibility index (Phi) is 5.67. The fourth-order valence-electron chi connectivity index (χ4n) is 1.86. The molecule has 0 aliphatic heterocycles. The molecule has 0 radical (unpaired) electrons. The van der Waals surface area contributed by atoms with Gasteiger partial charge in [0.15, 0.2) is 5.41 Å². The summed E-state index contributed by atoms with van der Waals surface area (Å²) in [4.78, 5) is 24.1. The minimum atomic E-state index is -1.47. The largest absolute Gasteiger partial charge is 0.465 e. The average Bonchev–Trinajstić information content (AvgIpc) is 2.39.